The molecule has 1 N–H and O–H groups in total. The smallest absolute Gasteiger partial charge is 0.466 e. The van der Waals surface area contributed by atoms with E-state index in [-0.39, 0.29) is 23.6 Å². The Hall–Kier alpha value is -2.35. The van der Waals surface area contributed by atoms with E-state index in [9.17, 15) is 4.79 Å². The maximum Gasteiger partial charge on any atom is 0.494 e. The number of nitrogens with zero attached hydrogens (tertiary/aromatic N) is 1. The topological polar surface area (TPSA) is 73.4 Å². The van der Waals surface area contributed by atoms with Crippen molar-refractivity contribution >= 4 is 41.1 Å². The first-order valence-corrected chi connectivity index (χ1v) is 11.3. The van der Waals surface area contributed by atoms with Crippen LogP contribution in [0.25, 0.3) is 22.0 Å². The van der Waals surface area contributed by atoms with Gasteiger partial charge in [0.15, 0.2) is 0 Å². The molecule has 4 rings (SSSR count). The lowest BCUT2D eigenvalue weighted by Gasteiger charge is -2.32. The predicted molar refractivity (Wildman–Crippen MR) is 127 cm³/mol. The third-order valence-corrected chi connectivity index (χ3v) is 6.66. The summed E-state index contributed by atoms with van der Waals surface area (Å²) in [4.78, 5) is 11.7. The van der Waals surface area contributed by atoms with Crippen LogP contribution >= 0.6 is 11.6 Å². The maximum absolute atomic E-state index is 11.7. The number of halogens is 1. The van der Waals surface area contributed by atoms with Crippen molar-refractivity contribution in [3.05, 3.63) is 47.1 Å². The highest BCUT2D eigenvalue weighted by atomic mass is 35.5. The van der Waals surface area contributed by atoms with Crippen molar-refractivity contribution in [3.8, 4) is 11.1 Å². The molecule has 1 fully saturated rings. The standard InChI is InChI=1S/C24H28BClN2O4/c1-6-30-22(29)12-11-20-18-13-17(19(26)14-21(18)28-27-20)15-7-9-16(10-8-15)25-31-23(2,3)24(4,5)32-25/h7-10,13-14H,6,11-12H2,1-5H3,(H,27,28). The molecule has 168 valence electrons. The Labute approximate surface area is 193 Å². The molecule has 32 heavy (non-hydrogen) atoms. The minimum absolute atomic E-state index is 0.226. The van der Waals surface area contributed by atoms with E-state index in [4.69, 9.17) is 25.6 Å². The number of esters is 1. The highest BCUT2D eigenvalue weighted by Gasteiger charge is 2.51. The van der Waals surface area contributed by atoms with Crippen LogP contribution in [0, 0.1) is 0 Å². The molecule has 0 aliphatic carbocycles. The summed E-state index contributed by atoms with van der Waals surface area (Å²) in [6.45, 7) is 10.3. The van der Waals surface area contributed by atoms with Gasteiger partial charge >= 0.3 is 13.1 Å². The Balaban J connectivity index is 1.59. The van der Waals surface area contributed by atoms with Gasteiger partial charge in [0.1, 0.15) is 0 Å². The molecule has 0 unspecified atom stereocenters. The van der Waals surface area contributed by atoms with Crippen LogP contribution in [0.15, 0.2) is 36.4 Å². The molecule has 0 spiro atoms. The van der Waals surface area contributed by atoms with Gasteiger partial charge in [-0.2, -0.15) is 5.10 Å². The summed E-state index contributed by atoms with van der Waals surface area (Å²) in [6, 6.07) is 11.9. The summed E-state index contributed by atoms with van der Waals surface area (Å²) in [7, 11) is -0.407. The van der Waals surface area contributed by atoms with E-state index in [0.29, 0.717) is 18.1 Å². The number of carbonyl (C=O) groups excluding carboxylic acids is 1. The van der Waals surface area contributed by atoms with Crippen molar-refractivity contribution in [2.24, 2.45) is 0 Å². The van der Waals surface area contributed by atoms with Crippen LogP contribution in [-0.2, 0) is 25.3 Å². The van der Waals surface area contributed by atoms with Gasteiger partial charge in [0, 0.05) is 17.4 Å². The summed E-state index contributed by atoms with van der Waals surface area (Å²) >= 11 is 6.59. The molecule has 3 aromatic rings. The van der Waals surface area contributed by atoms with Crippen LogP contribution in [0.2, 0.25) is 5.02 Å². The third kappa shape index (κ3) is 4.29. The fourth-order valence-electron chi connectivity index (χ4n) is 3.76. The predicted octanol–water partition coefficient (Wildman–Crippen LogP) is 4.68. The minimum atomic E-state index is -0.407. The van der Waals surface area contributed by atoms with Gasteiger partial charge in [-0.05, 0) is 57.8 Å². The van der Waals surface area contributed by atoms with E-state index < -0.39 is 7.12 Å². The van der Waals surface area contributed by atoms with Gasteiger partial charge in [-0.25, -0.2) is 0 Å². The molecule has 0 saturated carbocycles. The lowest BCUT2D eigenvalue weighted by atomic mass is 9.78. The molecule has 1 aromatic heterocycles. The second kappa shape index (κ2) is 8.54. The van der Waals surface area contributed by atoms with E-state index >= 15 is 0 Å². The van der Waals surface area contributed by atoms with Crippen molar-refractivity contribution < 1.29 is 18.8 Å². The number of hydrogen-bond donors (Lipinski definition) is 1. The molecular weight excluding hydrogens is 427 g/mol. The van der Waals surface area contributed by atoms with E-state index in [1.165, 1.54) is 0 Å². The van der Waals surface area contributed by atoms with E-state index in [2.05, 4.69) is 10.2 Å². The highest BCUT2D eigenvalue weighted by Crippen LogP contribution is 2.37. The van der Waals surface area contributed by atoms with Crippen LogP contribution in [0.4, 0.5) is 0 Å². The van der Waals surface area contributed by atoms with Crippen LogP contribution in [-0.4, -0.2) is 41.1 Å². The number of ether oxygens (including phenoxy) is 1. The first-order chi connectivity index (χ1) is 15.1. The molecule has 0 amide bonds. The zero-order valence-electron chi connectivity index (χ0n) is 19.1. The van der Waals surface area contributed by atoms with Gasteiger partial charge in [-0.15, -0.1) is 0 Å². The summed E-state index contributed by atoms with van der Waals surface area (Å²) in [5.41, 5.74) is 3.74. The number of nitrogens with one attached hydrogen (secondary N) is 1. The zero-order chi connectivity index (χ0) is 23.1. The summed E-state index contributed by atoms with van der Waals surface area (Å²) in [6.07, 6.45) is 0.787. The Morgan fingerprint density at radius 2 is 1.78 bits per heavy atom. The van der Waals surface area contributed by atoms with E-state index in [0.717, 1.165) is 33.2 Å². The Bertz CT molecular complexity index is 1120. The quantitative estimate of drug-likeness (QED) is 0.432. The molecule has 1 aliphatic heterocycles. The fourth-order valence-corrected chi connectivity index (χ4v) is 4.03. The normalized spacial score (nSPS) is 17.1. The summed E-state index contributed by atoms with van der Waals surface area (Å²) < 4.78 is 17.3. The SMILES string of the molecule is CCOC(=O)CCc1n[nH]c2cc(Cl)c(-c3ccc(B4OC(C)(C)C(C)(C)O4)cc3)cc12. The lowest BCUT2D eigenvalue weighted by Crippen LogP contribution is -2.41. The Morgan fingerprint density at radius 1 is 1.12 bits per heavy atom. The average Bonchev–Trinajstić information content (AvgIpc) is 3.22. The van der Waals surface area contributed by atoms with Gasteiger partial charge in [0.05, 0.1) is 40.5 Å². The number of aryl methyl sites for hydroxylation is 1. The average molecular weight is 455 g/mol. The van der Waals surface area contributed by atoms with Crippen molar-refractivity contribution in [1.29, 1.82) is 0 Å². The molecule has 8 heteroatoms. The van der Waals surface area contributed by atoms with Crippen molar-refractivity contribution in [2.45, 2.75) is 58.7 Å². The number of aromatic amines is 1. The largest absolute Gasteiger partial charge is 0.494 e. The van der Waals surface area contributed by atoms with Crippen molar-refractivity contribution in [1.82, 2.24) is 10.2 Å². The molecule has 0 bridgehead atoms. The first-order valence-electron chi connectivity index (χ1n) is 10.9. The second-order valence-electron chi connectivity index (χ2n) is 9.06. The number of rotatable bonds is 6. The minimum Gasteiger partial charge on any atom is -0.466 e. The van der Waals surface area contributed by atoms with Crippen LogP contribution in [0.3, 0.4) is 0 Å². The molecule has 2 heterocycles. The third-order valence-electron chi connectivity index (χ3n) is 6.35. The number of carbonyl (C=O) groups is 1. The van der Waals surface area contributed by atoms with E-state index in [1.807, 2.05) is 64.1 Å². The van der Waals surface area contributed by atoms with Gasteiger partial charge in [-0.1, -0.05) is 35.9 Å². The second-order valence-corrected chi connectivity index (χ2v) is 9.47. The van der Waals surface area contributed by atoms with Crippen molar-refractivity contribution in [3.63, 3.8) is 0 Å². The zero-order valence-corrected chi connectivity index (χ0v) is 19.9. The van der Waals surface area contributed by atoms with Gasteiger partial charge < -0.3 is 14.0 Å². The molecule has 1 aliphatic rings. The molecule has 1 saturated heterocycles. The molecule has 6 nitrogen and oxygen atoms in total. The van der Waals surface area contributed by atoms with Crippen LogP contribution < -0.4 is 5.46 Å². The molecular formula is C24H28BClN2O4. The number of H-pyrrole nitrogens is 1. The molecule has 0 radical (unpaired) electrons. The summed E-state index contributed by atoms with van der Waals surface area (Å²) in [5, 5.41) is 8.95. The molecule has 0 atom stereocenters. The first kappa shape index (κ1) is 22.8. The van der Waals surface area contributed by atoms with Crippen LogP contribution in [0.1, 0.15) is 46.7 Å². The Morgan fingerprint density at radius 3 is 2.41 bits per heavy atom. The fraction of sp³-hybridized carbons (Fsp3) is 0.417. The summed E-state index contributed by atoms with van der Waals surface area (Å²) in [5.74, 6) is -0.226. The van der Waals surface area contributed by atoms with Gasteiger partial charge in [0.2, 0.25) is 0 Å². The number of benzene rings is 2. The number of aromatic nitrogens is 2. The maximum atomic E-state index is 11.7. The van der Waals surface area contributed by atoms with Gasteiger partial charge in [-0.3, -0.25) is 9.89 Å². The monoisotopic (exact) mass is 454 g/mol. The number of fused-ring (bicyclic) bond motifs is 1. The van der Waals surface area contributed by atoms with E-state index in [1.54, 1.807) is 6.92 Å². The molecule has 2 aromatic carbocycles. The van der Waals surface area contributed by atoms with Gasteiger partial charge in [0.25, 0.3) is 0 Å². The number of hydrogen-bond acceptors (Lipinski definition) is 5. The Kier molecular flexibility index (Phi) is 6.09. The highest BCUT2D eigenvalue weighted by molar-refractivity contribution is 6.62. The van der Waals surface area contributed by atoms with Crippen molar-refractivity contribution in [2.75, 3.05) is 6.61 Å². The lowest BCUT2D eigenvalue weighted by molar-refractivity contribution is -0.143. The van der Waals surface area contributed by atoms with Crippen LogP contribution in [0.5, 0.6) is 0 Å².